The van der Waals surface area contributed by atoms with E-state index in [2.05, 4.69) is 9.97 Å². The number of benzene rings is 3. The fourth-order valence-corrected chi connectivity index (χ4v) is 5.40. The van der Waals surface area contributed by atoms with Gasteiger partial charge in [-0.25, -0.2) is 9.78 Å². The van der Waals surface area contributed by atoms with Crippen molar-refractivity contribution in [2.24, 2.45) is 0 Å². The van der Waals surface area contributed by atoms with Crippen LogP contribution in [0.2, 0.25) is 0 Å². The number of rotatable bonds is 9. The lowest BCUT2D eigenvalue weighted by molar-refractivity contribution is -0.122. The number of thiocarbonyl (C=S) groups is 1. The van der Waals surface area contributed by atoms with Gasteiger partial charge >= 0.3 is 5.97 Å². The van der Waals surface area contributed by atoms with Crippen molar-refractivity contribution in [3.63, 3.8) is 0 Å². The molecule has 0 saturated carbocycles. The molecule has 3 aromatic carbocycles. The van der Waals surface area contributed by atoms with Crippen LogP contribution in [0.4, 0.5) is 0 Å². The van der Waals surface area contributed by atoms with Gasteiger partial charge in [0.15, 0.2) is 0 Å². The summed E-state index contributed by atoms with van der Waals surface area (Å²) in [5.41, 5.74) is 4.75. The first-order valence-corrected chi connectivity index (χ1v) is 13.0. The van der Waals surface area contributed by atoms with Crippen LogP contribution in [0, 0.1) is 0 Å². The number of aromatic carboxylic acids is 1. The molecule has 0 unspecified atom stereocenters. The van der Waals surface area contributed by atoms with E-state index in [1.165, 1.54) is 23.9 Å². The van der Waals surface area contributed by atoms with Crippen LogP contribution in [-0.2, 0) is 4.79 Å². The van der Waals surface area contributed by atoms with Crippen molar-refractivity contribution >= 4 is 57.3 Å². The molecular formula is C28H23N3O5S2. The summed E-state index contributed by atoms with van der Waals surface area (Å²) >= 11 is 6.75. The number of hydrogen-bond donors (Lipinski definition) is 2. The number of hydrogen-bond acceptors (Lipinski definition) is 7. The van der Waals surface area contributed by atoms with Crippen molar-refractivity contribution in [1.29, 1.82) is 0 Å². The monoisotopic (exact) mass is 545 g/mol. The molecule has 1 aliphatic rings. The smallest absolute Gasteiger partial charge is 0.335 e. The maximum absolute atomic E-state index is 13.1. The predicted molar refractivity (Wildman–Crippen MR) is 151 cm³/mol. The van der Waals surface area contributed by atoms with Crippen LogP contribution < -0.4 is 9.47 Å². The molecule has 1 amide bonds. The number of nitrogens with one attached hydrogen (secondary N) is 1. The number of H-pyrrole nitrogens is 1. The fraction of sp³-hybridized carbons (Fsp3) is 0.143. The first kappa shape index (κ1) is 25.5. The Labute approximate surface area is 228 Å². The van der Waals surface area contributed by atoms with E-state index < -0.39 is 5.97 Å². The maximum atomic E-state index is 13.1. The summed E-state index contributed by atoms with van der Waals surface area (Å²) in [5, 5.41) is 8.99. The van der Waals surface area contributed by atoms with Gasteiger partial charge in [-0.15, -0.1) is 0 Å². The van der Waals surface area contributed by atoms with Gasteiger partial charge in [0.1, 0.15) is 15.8 Å². The van der Waals surface area contributed by atoms with Gasteiger partial charge < -0.3 is 19.6 Å². The van der Waals surface area contributed by atoms with Crippen molar-refractivity contribution in [1.82, 2.24) is 14.9 Å². The van der Waals surface area contributed by atoms with Gasteiger partial charge in [0.05, 0.1) is 41.5 Å². The van der Waals surface area contributed by atoms with Gasteiger partial charge in [-0.1, -0.05) is 36.1 Å². The molecule has 0 bridgehead atoms. The van der Waals surface area contributed by atoms with Gasteiger partial charge in [0.2, 0.25) is 0 Å². The van der Waals surface area contributed by atoms with Crippen molar-refractivity contribution in [3.8, 4) is 22.6 Å². The molecule has 0 spiro atoms. The zero-order chi connectivity index (χ0) is 26.6. The number of carboxylic acid groups (broad SMARTS) is 1. The number of carboxylic acids is 1. The highest BCUT2D eigenvalue weighted by molar-refractivity contribution is 8.26. The molecule has 2 heterocycles. The van der Waals surface area contributed by atoms with E-state index >= 15 is 0 Å². The van der Waals surface area contributed by atoms with Gasteiger partial charge in [0.25, 0.3) is 5.91 Å². The average Bonchev–Trinajstić information content (AvgIpc) is 3.50. The Morgan fingerprint density at radius 1 is 1.16 bits per heavy atom. The van der Waals surface area contributed by atoms with E-state index in [-0.39, 0.29) is 11.5 Å². The average molecular weight is 546 g/mol. The summed E-state index contributed by atoms with van der Waals surface area (Å²) in [5.74, 6) is 0.177. The number of thioether (sulfide) groups is 1. The zero-order valence-electron chi connectivity index (χ0n) is 20.3. The third kappa shape index (κ3) is 5.41. The Kier molecular flexibility index (Phi) is 7.43. The molecule has 8 nitrogen and oxygen atoms in total. The molecule has 1 aliphatic heterocycles. The zero-order valence-corrected chi connectivity index (χ0v) is 22.0. The molecule has 192 valence electrons. The number of imidazole rings is 1. The number of methoxy groups -OCH3 is 1. The van der Waals surface area contributed by atoms with Crippen LogP contribution in [0.25, 0.3) is 28.2 Å². The van der Waals surface area contributed by atoms with Crippen LogP contribution in [0.3, 0.4) is 0 Å². The van der Waals surface area contributed by atoms with Gasteiger partial charge in [0, 0.05) is 12.1 Å². The molecule has 0 radical (unpaired) electrons. The Morgan fingerprint density at radius 3 is 2.74 bits per heavy atom. The summed E-state index contributed by atoms with van der Waals surface area (Å²) in [6.07, 6.45) is 4.08. The summed E-state index contributed by atoms with van der Waals surface area (Å²) in [6, 6.07) is 18.0. The lowest BCUT2D eigenvalue weighted by Gasteiger charge is -2.14. The van der Waals surface area contributed by atoms with E-state index in [1.807, 2.05) is 42.5 Å². The van der Waals surface area contributed by atoms with Crippen molar-refractivity contribution < 1.29 is 24.2 Å². The molecule has 4 aromatic rings. The number of amides is 1. The molecule has 0 atom stereocenters. The van der Waals surface area contributed by atoms with Crippen LogP contribution in [0.5, 0.6) is 11.5 Å². The second kappa shape index (κ2) is 11.1. The highest BCUT2D eigenvalue weighted by Crippen LogP contribution is 2.36. The Morgan fingerprint density at radius 2 is 1.97 bits per heavy atom. The first-order chi connectivity index (χ1) is 18.4. The van der Waals surface area contributed by atoms with Gasteiger partial charge in [-0.2, -0.15) is 0 Å². The number of carbonyl (C=O) groups excluding carboxylic acids is 1. The maximum Gasteiger partial charge on any atom is 0.335 e. The largest absolute Gasteiger partial charge is 0.496 e. The molecule has 10 heteroatoms. The van der Waals surface area contributed by atoms with E-state index in [0.717, 1.165) is 33.5 Å². The number of aromatic amines is 1. The quantitative estimate of drug-likeness (QED) is 0.159. The molecule has 5 rings (SSSR count). The molecule has 1 fully saturated rings. The lowest BCUT2D eigenvalue weighted by Crippen LogP contribution is -2.29. The first-order valence-electron chi connectivity index (χ1n) is 11.8. The second-order valence-corrected chi connectivity index (χ2v) is 10.1. The third-order valence-corrected chi connectivity index (χ3v) is 7.40. The number of fused-ring (bicyclic) bond motifs is 1. The van der Waals surface area contributed by atoms with Crippen molar-refractivity contribution in [2.75, 3.05) is 20.3 Å². The standard InChI is InChI=1S/C28H23N3O5S2/c1-35-24-10-3-17(13-21(24)19-6-9-22-23(15-19)30-16-29-22)14-25-26(32)31(28(37)38-25)11-2-12-36-20-7-4-18(5-8-20)27(33)34/h3-10,13-16H,2,11-12H2,1H3,(H,29,30)(H,33,34). The van der Waals surface area contributed by atoms with Crippen LogP contribution in [0.15, 0.2) is 71.9 Å². The van der Waals surface area contributed by atoms with Crippen LogP contribution in [-0.4, -0.2) is 56.4 Å². The Bertz CT molecular complexity index is 1560. The molecule has 1 aromatic heterocycles. The van der Waals surface area contributed by atoms with Gasteiger partial charge in [-0.3, -0.25) is 9.69 Å². The summed E-state index contributed by atoms with van der Waals surface area (Å²) in [6.45, 7) is 0.790. The molecule has 0 aliphatic carbocycles. The predicted octanol–water partition coefficient (Wildman–Crippen LogP) is 5.61. The minimum absolute atomic E-state index is 0.137. The third-order valence-electron chi connectivity index (χ3n) is 6.02. The van der Waals surface area contributed by atoms with E-state index in [9.17, 15) is 9.59 Å². The Balaban J connectivity index is 1.26. The van der Waals surface area contributed by atoms with Crippen LogP contribution >= 0.6 is 24.0 Å². The highest BCUT2D eigenvalue weighted by atomic mass is 32.2. The van der Waals surface area contributed by atoms with E-state index in [1.54, 1.807) is 30.5 Å². The minimum atomic E-state index is -0.986. The number of ether oxygens (including phenoxy) is 2. The highest BCUT2D eigenvalue weighted by Gasteiger charge is 2.31. The summed E-state index contributed by atoms with van der Waals surface area (Å²) < 4.78 is 11.8. The molecule has 2 N–H and O–H groups in total. The normalized spacial score (nSPS) is 14.4. The fourth-order valence-electron chi connectivity index (χ4n) is 4.09. The van der Waals surface area contributed by atoms with Crippen LogP contribution in [0.1, 0.15) is 22.3 Å². The summed E-state index contributed by atoms with van der Waals surface area (Å²) in [7, 11) is 1.63. The van der Waals surface area contributed by atoms with Crippen molar-refractivity contribution in [2.45, 2.75) is 6.42 Å². The van der Waals surface area contributed by atoms with E-state index in [4.69, 9.17) is 26.8 Å². The van der Waals surface area contributed by atoms with E-state index in [0.29, 0.717) is 34.5 Å². The second-order valence-electron chi connectivity index (χ2n) is 8.46. The summed E-state index contributed by atoms with van der Waals surface area (Å²) in [4.78, 5) is 33.6. The number of nitrogens with zero attached hydrogens (tertiary/aromatic N) is 2. The Hall–Kier alpha value is -4.15. The number of aromatic nitrogens is 2. The molecule has 1 saturated heterocycles. The van der Waals surface area contributed by atoms with Crippen molar-refractivity contribution in [3.05, 3.63) is 83.0 Å². The molecule has 38 heavy (non-hydrogen) atoms. The SMILES string of the molecule is COc1ccc(C=C2SC(=S)N(CCCOc3ccc(C(=O)O)cc3)C2=O)cc1-c1ccc2nc[nH]c2c1. The minimum Gasteiger partial charge on any atom is -0.496 e. The topological polar surface area (TPSA) is 105 Å². The number of carbonyl (C=O) groups is 2. The molecular weight excluding hydrogens is 522 g/mol. The lowest BCUT2D eigenvalue weighted by atomic mass is 10.0. The van der Waals surface area contributed by atoms with Gasteiger partial charge in [-0.05, 0) is 72.2 Å².